The molecule has 1 aliphatic rings. The first-order valence-corrected chi connectivity index (χ1v) is 15.3. The number of benzene rings is 3. The van der Waals surface area contributed by atoms with Gasteiger partial charge in [-0.1, -0.05) is 61.5 Å². The number of alkyl halides is 1. The molecule has 1 heterocycles. The molecule has 4 rings (SSSR count). The molecule has 234 valence electrons. The topological polar surface area (TPSA) is 132 Å². The molecule has 3 aromatic rings. The number of nitrogens with one attached hydrogen (secondary N) is 1. The third-order valence-electron chi connectivity index (χ3n) is 6.90. The molecule has 0 aliphatic carbocycles. The number of methoxy groups -OCH3 is 1. The Hall–Kier alpha value is -4.65. The normalized spacial score (nSPS) is 15.4. The number of rotatable bonds is 13. The van der Waals surface area contributed by atoms with Gasteiger partial charge in [0.2, 0.25) is 0 Å². The van der Waals surface area contributed by atoms with E-state index in [9.17, 15) is 27.2 Å². The minimum absolute atomic E-state index is 0.0227. The van der Waals surface area contributed by atoms with E-state index in [1.165, 1.54) is 19.2 Å². The average Bonchev–Trinajstić information content (AvgIpc) is 3.26. The fraction of sp³-hybridized carbons (Fsp3) is 0.323. The summed E-state index contributed by atoms with van der Waals surface area (Å²) in [5, 5.41) is 2.44. The largest absolute Gasteiger partial charge is 0.497 e. The Kier molecular flexibility index (Phi) is 10.8. The molecule has 2 unspecified atom stereocenters. The summed E-state index contributed by atoms with van der Waals surface area (Å²) in [6.45, 7) is 0.632. The van der Waals surface area contributed by atoms with Gasteiger partial charge in [-0.25, -0.2) is 22.6 Å². The van der Waals surface area contributed by atoms with Gasteiger partial charge in [0, 0.05) is 6.42 Å². The van der Waals surface area contributed by atoms with Gasteiger partial charge in [0.05, 0.1) is 19.3 Å². The second kappa shape index (κ2) is 14.7. The standard InChI is InChI=1S/C31H34FN3O8S/c1-3-25(32)21-43-31(38)33-28(30(37)42-20-24-7-5-4-6-8-24)17-22-9-13-26(14-10-22)34-19-29(36)35(44(34,39)40)18-23-11-15-27(41-2)16-12-23/h4-16,25,28H,3,17-21H2,1-2H3,(H,33,38). The van der Waals surface area contributed by atoms with E-state index in [1.807, 2.05) is 6.07 Å². The molecule has 0 aromatic heterocycles. The first-order valence-electron chi connectivity index (χ1n) is 13.9. The maximum absolute atomic E-state index is 13.6. The molecule has 1 saturated heterocycles. The van der Waals surface area contributed by atoms with Crippen molar-refractivity contribution in [2.75, 3.05) is 24.6 Å². The summed E-state index contributed by atoms with van der Waals surface area (Å²) >= 11 is 0. The number of halogens is 1. The lowest BCUT2D eigenvalue weighted by Gasteiger charge is -2.21. The zero-order valence-corrected chi connectivity index (χ0v) is 25.2. The first-order chi connectivity index (χ1) is 21.1. The van der Waals surface area contributed by atoms with Crippen molar-refractivity contribution in [3.8, 4) is 5.75 Å². The minimum Gasteiger partial charge on any atom is -0.497 e. The van der Waals surface area contributed by atoms with Crippen molar-refractivity contribution < 1.29 is 41.4 Å². The number of anilines is 1. The first kappa shape index (κ1) is 32.3. The lowest BCUT2D eigenvalue weighted by Crippen LogP contribution is -2.44. The number of alkyl carbamates (subject to hydrolysis) is 1. The van der Waals surface area contributed by atoms with Crippen LogP contribution in [0.15, 0.2) is 78.9 Å². The highest BCUT2D eigenvalue weighted by atomic mass is 32.2. The van der Waals surface area contributed by atoms with Gasteiger partial charge in [-0.05, 0) is 47.4 Å². The summed E-state index contributed by atoms with van der Waals surface area (Å²) in [5.41, 5.74) is 2.18. The number of ether oxygens (including phenoxy) is 3. The maximum Gasteiger partial charge on any atom is 0.407 e. The Labute approximate surface area is 255 Å². The molecule has 1 fully saturated rings. The highest BCUT2D eigenvalue weighted by Gasteiger charge is 2.42. The van der Waals surface area contributed by atoms with Crippen LogP contribution in [0.25, 0.3) is 0 Å². The third-order valence-corrected chi connectivity index (χ3v) is 8.69. The number of nitrogens with zero attached hydrogens (tertiary/aromatic N) is 2. The van der Waals surface area contributed by atoms with Gasteiger partial charge in [0.1, 0.15) is 37.7 Å². The summed E-state index contributed by atoms with van der Waals surface area (Å²) in [5.74, 6) is -0.703. The van der Waals surface area contributed by atoms with Crippen LogP contribution in [0.5, 0.6) is 5.75 Å². The minimum atomic E-state index is -4.15. The van der Waals surface area contributed by atoms with Crippen LogP contribution >= 0.6 is 0 Å². The van der Waals surface area contributed by atoms with Crippen LogP contribution in [-0.2, 0) is 48.8 Å². The monoisotopic (exact) mass is 627 g/mol. The molecule has 0 saturated carbocycles. The molecule has 11 nitrogen and oxygen atoms in total. The van der Waals surface area contributed by atoms with Crippen LogP contribution < -0.4 is 14.4 Å². The van der Waals surface area contributed by atoms with Crippen LogP contribution in [0, 0.1) is 0 Å². The van der Waals surface area contributed by atoms with E-state index in [1.54, 1.807) is 67.6 Å². The maximum atomic E-state index is 13.6. The Morgan fingerprint density at radius 1 is 0.932 bits per heavy atom. The molecule has 2 atom stereocenters. The zero-order chi connectivity index (χ0) is 31.7. The molecule has 44 heavy (non-hydrogen) atoms. The van der Waals surface area contributed by atoms with Gasteiger partial charge >= 0.3 is 22.3 Å². The summed E-state index contributed by atoms with van der Waals surface area (Å²) in [6.07, 6.45) is -2.17. The summed E-state index contributed by atoms with van der Waals surface area (Å²) in [7, 11) is -2.63. The van der Waals surface area contributed by atoms with Crippen molar-refractivity contribution in [3.05, 3.63) is 95.6 Å². The number of esters is 1. The predicted octanol–water partition coefficient (Wildman–Crippen LogP) is 3.92. The highest BCUT2D eigenvalue weighted by Crippen LogP contribution is 2.28. The molecule has 1 N–H and O–H groups in total. The zero-order valence-electron chi connectivity index (χ0n) is 24.3. The van der Waals surface area contributed by atoms with Gasteiger partial charge in [-0.2, -0.15) is 8.42 Å². The Morgan fingerprint density at radius 2 is 1.59 bits per heavy atom. The van der Waals surface area contributed by atoms with Crippen molar-refractivity contribution in [2.24, 2.45) is 0 Å². The number of hydrogen-bond donors (Lipinski definition) is 1. The fourth-order valence-corrected chi connectivity index (χ4v) is 5.87. The van der Waals surface area contributed by atoms with Gasteiger partial charge in [-0.3, -0.25) is 4.79 Å². The quantitative estimate of drug-likeness (QED) is 0.282. The Balaban J connectivity index is 1.45. The lowest BCUT2D eigenvalue weighted by molar-refractivity contribution is -0.147. The second-order valence-corrected chi connectivity index (χ2v) is 11.8. The van der Waals surface area contributed by atoms with Crippen molar-refractivity contribution in [2.45, 2.75) is 45.1 Å². The van der Waals surface area contributed by atoms with E-state index < -0.39 is 47.0 Å². The van der Waals surface area contributed by atoms with E-state index in [4.69, 9.17) is 14.2 Å². The SMILES string of the molecule is CCC(F)COC(=O)NC(Cc1ccc(N2CC(=O)N(Cc3ccc(OC)cc3)S2(=O)=O)cc1)C(=O)OCc1ccccc1. The number of hydrogen-bond acceptors (Lipinski definition) is 8. The second-order valence-electron chi connectivity index (χ2n) is 10.0. The molecule has 0 radical (unpaired) electrons. The Bertz CT molecular complexity index is 1540. The molecule has 1 aliphatic heterocycles. The van der Waals surface area contributed by atoms with Crippen LogP contribution in [0.4, 0.5) is 14.9 Å². The van der Waals surface area contributed by atoms with Gasteiger partial charge in [-0.15, -0.1) is 0 Å². The summed E-state index contributed by atoms with van der Waals surface area (Å²) in [4.78, 5) is 38.0. The Morgan fingerprint density at radius 3 is 2.23 bits per heavy atom. The number of amides is 2. The fourth-order valence-electron chi connectivity index (χ4n) is 4.35. The van der Waals surface area contributed by atoms with Crippen molar-refractivity contribution in [1.82, 2.24) is 9.62 Å². The number of carbonyl (C=O) groups excluding carboxylic acids is 3. The van der Waals surface area contributed by atoms with E-state index in [2.05, 4.69) is 5.32 Å². The molecule has 2 amide bonds. The lowest BCUT2D eigenvalue weighted by atomic mass is 10.1. The van der Waals surface area contributed by atoms with Gasteiger partial charge in [0.25, 0.3) is 5.91 Å². The van der Waals surface area contributed by atoms with Crippen molar-refractivity contribution in [3.63, 3.8) is 0 Å². The highest BCUT2D eigenvalue weighted by molar-refractivity contribution is 7.91. The predicted molar refractivity (Wildman–Crippen MR) is 160 cm³/mol. The smallest absolute Gasteiger partial charge is 0.407 e. The van der Waals surface area contributed by atoms with Crippen LogP contribution in [0.2, 0.25) is 0 Å². The summed E-state index contributed by atoms with van der Waals surface area (Å²) < 4.78 is 57.4. The number of carbonyl (C=O) groups is 3. The van der Waals surface area contributed by atoms with E-state index in [0.29, 0.717) is 16.9 Å². The average molecular weight is 628 g/mol. The molecule has 3 aromatic carbocycles. The van der Waals surface area contributed by atoms with E-state index >= 15 is 0 Å². The molecular formula is C31H34FN3O8S. The third kappa shape index (κ3) is 8.25. The molecule has 13 heteroatoms. The van der Waals surface area contributed by atoms with Gasteiger partial charge < -0.3 is 19.5 Å². The van der Waals surface area contributed by atoms with E-state index in [0.717, 1.165) is 14.2 Å². The van der Waals surface area contributed by atoms with Gasteiger partial charge in [0.15, 0.2) is 0 Å². The van der Waals surface area contributed by atoms with Crippen molar-refractivity contribution in [1.29, 1.82) is 0 Å². The van der Waals surface area contributed by atoms with E-state index in [-0.39, 0.29) is 38.2 Å². The molecule has 0 spiro atoms. The molecular weight excluding hydrogens is 593 g/mol. The van der Waals surface area contributed by atoms with Crippen LogP contribution in [-0.4, -0.2) is 63.2 Å². The summed E-state index contributed by atoms with van der Waals surface area (Å²) in [6, 6.07) is 20.7. The van der Waals surface area contributed by atoms with Crippen LogP contribution in [0.3, 0.4) is 0 Å². The van der Waals surface area contributed by atoms with Crippen molar-refractivity contribution >= 4 is 33.9 Å². The van der Waals surface area contributed by atoms with Crippen LogP contribution in [0.1, 0.15) is 30.0 Å². The molecule has 0 bridgehead atoms.